The molecule has 0 aromatic heterocycles. The summed E-state index contributed by atoms with van der Waals surface area (Å²) < 4.78 is 65.9. The van der Waals surface area contributed by atoms with E-state index in [0.717, 1.165) is 22.7 Å². The van der Waals surface area contributed by atoms with Gasteiger partial charge in [0.1, 0.15) is 10.7 Å². The molecule has 31 heavy (non-hydrogen) atoms. The van der Waals surface area contributed by atoms with Crippen LogP contribution in [0.5, 0.6) is 0 Å². The Balaban J connectivity index is 2.28. The van der Waals surface area contributed by atoms with E-state index in [1.54, 1.807) is 45.0 Å². The maximum Gasteiger partial charge on any atom is 0.251 e. The van der Waals surface area contributed by atoms with E-state index in [0.29, 0.717) is 11.3 Å². The molecule has 0 aliphatic heterocycles. The number of carbonyl (C=O) groups is 1. The average molecular weight is 472 g/mol. The lowest BCUT2D eigenvalue weighted by atomic mass is 10.1. The summed E-state index contributed by atoms with van der Waals surface area (Å²) >= 11 is 0. The van der Waals surface area contributed by atoms with Crippen molar-refractivity contribution in [3.63, 3.8) is 0 Å². The van der Waals surface area contributed by atoms with Crippen LogP contribution >= 0.6 is 0 Å². The molecule has 170 valence electrons. The molecule has 1 atom stereocenters. The van der Waals surface area contributed by atoms with Crippen molar-refractivity contribution in [1.82, 2.24) is 9.62 Å². The Labute approximate surface area is 182 Å². The Morgan fingerprint density at radius 1 is 1.06 bits per heavy atom. The molecule has 0 aliphatic carbocycles. The fourth-order valence-electron chi connectivity index (χ4n) is 2.99. The number of carbonyl (C=O) groups excluding carboxylic acids is 1. The molecule has 0 fully saturated rings. The van der Waals surface area contributed by atoms with E-state index in [1.807, 2.05) is 0 Å². The van der Waals surface area contributed by atoms with Gasteiger partial charge < -0.3 is 5.32 Å². The minimum atomic E-state index is -4.08. The second-order valence-electron chi connectivity index (χ2n) is 6.93. The summed E-state index contributed by atoms with van der Waals surface area (Å²) in [4.78, 5) is 12.1. The van der Waals surface area contributed by atoms with Crippen molar-refractivity contribution >= 4 is 31.6 Å². The largest absolute Gasteiger partial charge is 0.346 e. The maximum atomic E-state index is 14.3. The van der Waals surface area contributed by atoms with Gasteiger partial charge in [-0.1, -0.05) is 26.0 Å². The highest BCUT2D eigenvalue weighted by Gasteiger charge is 2.26. The number of amides is 1. The van der Waals surface area contributed by atoms with E-state index in [1.165, 1.54) is 6.07 Å². The van der Waals surface area contributed by atoms with Crippen LogP contribution in [0.15, 0.2) is 47.4 Å². The van der Waals surface area contributed by atoms with Crippen LogP contribution in [0.4, 0.5) is 10.1 Å². The first-order valence-electron chi connectivity index (χ1n) is 9.57. The molecule has 2 aromatic rings. The first kappa shape index (κ1) is 24.8. The molecule has 2 N–H and O–H groups in total. The maximum absolute atomic E-state index is 14.3. The number of benzene rings is 2. The van der Waals surface area contributed by atoms with Crippen molar-refractivity contribution in [3.8, 4) is 0 Å². The van der Waals surface area contributed by atoms with Crippen molar-refractivity contribution in [1.29, 1.82) is 0 Å². The third-order valence-corrected chi connectivity index (χ3v) is 7.23. The van der Waals surface area contributed by atoms with Crippen LogP contribution in [0.2, 0.25) is 0 Å². The normalized spacial score (nSPS) is 13.1. The summed E-state index contributed by atoms with van der Waals surface area (Å²) in [5.74, 6) is -1.53. The van der Waals surface area contributed by atoms with Gasteiger partial charge in [0.25, 0.3) is 5.91 Å². The Hall–Kier alpha value is -2.50. The van der Waals surface area contributed by atoms with Gasteiger partial charge in [-0.2, -0.15) is 4.31 Å². The molecule has 0 aliphatic rings. The number of rotatable bonds is 9. The number of halogens is 1. The molecule has 2 aromatic carbocycles. The monoisotopic (exact) mass is 471 g/mol. The smallest absolute Gasteiger partial charge is 0.251 e. The third kappa shape index (κ3) is 6.25. The van der Waals surface area contributed by atoms with Gasteiger partial charge >= 0.3 is 0 Å². The van der Waals surface area contributed by atoms with Crippen molar-refractivity contribution < 1.29 is 26.0 Å². The summed E-state index contributed by atoms with van der Waals surface area (Å²) in [6.07, 6.45) is 1.03. The lowest BCUT2D eigenvalue weighted by Gasteiger charge is -2.20. The lowest BCUT2D eigenvalue weighted by Crippen LogP contribution is -2.32. The van der Waals surface area contributed by atoms with Crippen LogP contribution in [-0.2, 0) is 20.0 Å². The summed E-state index contributed by atoms with van der Waals surface area (Å²) in [6, 6.07) is 9.15. The van der Waals surface area contributed by atoms with E-state index in [9.17, 15) is 26.0 Å². The molecular formula is C20H26FN3O5S2. The number of anilines is 1. The van der Waals surface area contributed by atoms with E-state index in [-0.39, 0.29) is 18.7 Å². The summed E-state index contributed by atoms with van der Waals surface area (Å²) in [6.45, 7) is 5.32. The van der Waals surface area contributed by atoms with Crippen LogP contribution in [0.1, 0.15) is 42.7 Å². The molecule has 0 spiro atoms. The molecule has 0 bridgehead atoms. The zero-order valence-electron chi connectivity index (χ0n) is 17.7. The van der Waals surface area contributed by atoms with E-state index < -0.39 is 42.7 Å². The summed E-state index contributed by atoms with van der Waals surface area (Å²) in [7, 11) is -7.53. The standard InChI is InChI=1S/C20H26FN3O5S2/c1-5-24(6-2)31(28,29)19-13-16(10-11-18(19)21)20(25)22-14(3)15-8-7-9-17(12-15)23-30(4,26)27/h7-14,23H,5-6H2,1-4H3,(H,22,25). The molecule has 1 amide bonds. The molecule has 2 rings (SSSR count). The molecule has 1 unspecified atom stereocenters. The molecule has 0 saturated heterocycles. The fourth-order valence-corrected chi connectivity index (χ4v) is 5.10. The fraction of sp³-hybridized carbons (Fsp3) is 0.350. The van der Waals surface area contributed by atoms with E-state index in [4.69, 9.17) is 0 Å². The minimum Gasteiger partial charge on any atom is -0.346 e. The van der Waals surface area contributed by atoms with Crippen molar-refractivity contribution in [2.45, 2.75) is 31.7 Å². The summed E-state index contributed by atoms with van der Waals surface area (Å²) in [5, 5.41) is 2.71. The van der Waals surface area contributed by atoms with Crippen molar-refractivity contribution in [2.24, 2.45) is 0 Å². The predicted octanol–water partition coefficient (Wildman–Crippen LogP) is 2.72. The van der Waals surface area contributed by atoms with Gasteiger partial charge in [0.15, 0.2) is 0 Å². The molecule has 0 radical (unpaired) electrons. The van der Waals surface area contributed by atoms with E-state index >= 15 is 0 Å². The van der Waals surface area contributed by atoms with Gasteiger partial charge in [-0.15, -0.1) is 0 Å². The topological polar surface area (TPSA) is 113 Å². The second-order valence-corrected chi connectivity index (χ2v) is 10.6. The van der Waals surface area contributed by atoms with Crippen LogP contribution in [0.3, 0.4) is 0 Å². The Morgan fingerprint density at radius 3 is 2.29 bits per heavy atom. The quantitative estimate of drug-likeness (QED) is 0.584. The highest BCUT2D eigenvalue weighted by molar-refractivity contribution is 7.92. The summed E-state index contributed by atoms with van der Waals surface area (Å²) in [5.41, 5.74) is 0.958. The highest BCUT2D eigenvalue weighted by atomic mass is 32.2. The number of nitrogens with one attached hydrogen (secondary N) is 2. The number of hydrogen-bond donors (Lipinski definition) is 2. The zero-order chi connectivity index (χ0) is 23.4. The lowest BCUT2D eigenvalue weighted by molar-refractivity contribution is 0.0939. The Morgan fingerprint density at radius 2 is 1.71 bits per heavy atom. The van der Waals surface area contributed by atoms with Crippen molar-refractivity contribution in [3.05, 3.63) is 59.4 Å². The average Bonchev–Trinajstić information content (AvgIpc) is 2.67. The highest BCUT2D eigenvalue weighted by Crippen LogP contribution is 2.22. The minimum absolute atomic E-state index is 0.00982. The van der Waals surface area contributed by atoms with Crippen molar-refractivity contribution in [2.75, 3.05) is 24.1 Å². The Kier molecular flexibility index (Phi) is 7.79. The first-order chi connectivity index (χ1) is 14.4. The molecule has 0 heterocycles. The second kappa shape index (κ2) is 9.75. The van der Waals surface area contributed by atoms with Gasteiger partial charge in [0.05, 0.1) is 12.3 Å². The third-order valence-electron chi connectivity index (χ3n) is 4.55. The zero-order valence-corrected chi connectivity index (χ0v) is 19.3. The van der Waals surface area contributed by atoms with Crippen LogP contribution in [0, 0.1) is 5.82 Å². The van der Waals surface area contributed by atoms with Crippen LogP contribution in [0.25, 0.3) is 0 Å². The predicted molar refractivity (Wildman–Crippen MR) is 117 cm³/mol. The van der Waals surface area contributed by atoms with Gasteiger partial charge in [0, 0.05) is 24.3 Å². The number of sulfonamides is 2. The van der Waals surface area contributed by atoms with E-state index in [2.05, 4.69) is 10.0 Å². The van der Waals surface area contributed by atoms with Gasteiger partial charge in [-0.05, 0) is 42.8 Å². The van der Waals surface area contributed by atoms with Gasteiger partial charge in [-0.3, -0.25) is 9.52 Å². The first-order valence-corrected chi connectivity index (χ1v) is 12.9. The molecule has 11 heteroatoms. The van der Waals surface area contributed by atoms with Crippen LogP contribution < -0.4 is 10.0 Å². The van der Waals surface area contributed by atoms with Gasteiger partial charge in [-0.25, -0.2) is 21.2 Å². The molecular weight excluding hydrogens is 445 g/mol. The van der Waals surface area contributed by atoms with Gasteiger partial charge in [0.2, 0.25) is 20.0 Å². The Bertz CT molecular complexity index is 1160. The van der Waals surface area contributed by atoms with Crippen LogP contribution in [-0.4, -0.2) is 46.4 Å². The molecule has 0 saturated carbocycles. The number of nitrogens with zero attached hydrogens (tertiary/aromatic N) is 1. The SMILES string of the molecule is CCN(CC)S(=O)(=O)c1cc(C(=O)NC(C)c2cccc(NS(C)(=O)=O)c2)ccc1F. The molecule has 8 nitrogen and oxygen atoms in total. The number of hydrogen-bond acceptors (Lipinski definition) is 5.